The summed E-state index contributed by atoms with van der Waals surface area (Å²) < 4.78 is 0. The smallest absolute Gasteiger partial charge is 0.234 e. The summed E-state index contributed by atoms with van der Waals surface area (Å²) in [5, 5.41) is 14.2. The Labute approximate surface area is 139 Å². The lowest BCUT2D eigenvalue weighted by atomic mass is 9.51. The normalized spacial score (nSPS) is 43.7. The monoisotopic (exact) mass is 321 g/mol. The van der Waals surface area contributed by atoms with Crippen molar-refractivity contribution in [3.63, 3.8) is 0 Å². The summed E-state index contributed by atoms with van der Waals surface area (Å²) >= 11 is 0. The number of carbonyl (C=O) groups is 1. The van der Waals surface area contributed by atoms with E-state index >= 15 is 0 Å². The molecule has 1 heterocycles. The molecule has 23 heavy (non-hydrogen) atoms. The maximum Gasteiger partial charge on any atom is 0.234 e. The Kier molecular flexibility index (Phi) is 3.94. The molecule has 2 unspecified atom stereocenters. The second-order valence-electron chi connectivity index (χ2n) is 8.72. The van der Waals surface area contributed by atoms with Gasteiger partial charge in [-0.05, 0) is 56.9 Å². The molecule has 4 saturated carbocycles. The van der Waals surface area contributed by atoms with E-state index in [1.807, 2.05) is 0 Å². The first-order chi connectivity index (χ1) is 11.0. The summed E-state index contributed by atoms with van der Waals surface area (Å²) in [5.41, 5.74) is -0.606. The van der Waals surface area contributed by atoms with Gasteiger partial charge in [0.2, 0.25) is 5.91 Å². The van der Waals surface area contributed by atoms with Gasteiger partial charge in [-0.3, -0.25) is 9.69 Å². The number of nitrogens with one attached hydrogen (secondary N) is 1. The van der Waals surface area contributed by atoms with E-state index in [0.717, 1.165) is 64.8 Å². The molecule has 1 aliphatic heterocycles. The zero-order valence-corrected chi connectivity index (χ0v) is 14.4. The predicted octanol–water partition coefficient (Wildman–Crippen LogP) is 0.824. The average molecular weight is 321 g/mol. The van der Waals surface area contributed by atoms with Gasteiger partial charge in [0.25, 0.3) is 0 Å². The Hall–Kier alpha value is -0.650. The number of carbonyl (C=O) groups excluding carboxylic acids is 1. The molecular formula is C18H31N3O2. The number of aliphatic hydroxyl groups is 1. The van der Waals surface area contributed by atoms with Crippen LogP contribution in [0, 0.1) is 11.8 Å². The summed E-state index contributed by atoms with van der Waals surface area (Å²) in [6.07, 6.45) is 6.13. The lowest BCUT2D eigenvalue weighted by molar-refractivity contribution is -0.151. The molecule has 0 aromatic heterocycles. The fourth-order valence-electron chi connectivity index (χ4n) is 6.16. The largest absolute Gasteiger partial charge is 0.390 e. The zero-order chi connectivity index (χ0) is 16.1. The van der Waals surface area contributed by atoms with E-state index in [9.17, 15) is 9.90 Å². The maximum absolute atomic E-state index is 12.6. The zero-order valence-electron chi connectivity index (χ0n) is 14.4. The minimum absolute atomic E-state index is 0.110. The Morgan fingerprint density at radius 2 is 1.70 bits per heavy atom. The molecule has 2 atom stereocenters. The van der Waals surface area contributed by atoms with Crippen LogP contribution in [-0.2, 0) is 4.79 Å². The van der Waals surface area contributed by atoms with Gasteiger partial charge in [0.15, 0.2) is 0 Å². The van der Waals surface area contributed by atoms with Crippen molar-refractivity contribution in [1.82, 2.24) is 15.1 Å². The fraction of sp³-hybridized carbons (Fsp3) is 0.944. The second-order valence-corrected chi connectivity index (χ2v) is 8.72. The van der Waals surface area contributed by atoms with Crippen molar-refractivity contribution < 1.29 is 9.90 Å². The highest BCUT2D eigenvalue weighted by Crippen LogP contribution is 2.57. The van der Waals surface area contributed by atoms with E-state index in [4.69, 9.17) is 0 Å². The van der Waals surface area contributed by atoms with Crippen LogP contribution in [-0.4, -0.2) is 71.2 Å². The third-order valence-electron chi connectivity index (χ3n) is 6.71. The molecular weight excluding hydrogens is 290 g/mol. The summed E-state index contributed by atoms with van der Waals surface area (Å²) in [6, 6.07) is 0. The molecule has 0 radical (unpaired) electrons. The molecule has 5 heteroatoms. The Balaban J connectivity index is 1.34. The highest BCUT2D eigenvalue weighted by atomic mass is 16.3. The van der Waals surface area contributed by atoms with Crippen molar-refractivity contribution in [2.75, 3.05) is 39.3 Å². The number of likely N-dealkylation sites (N-methyl/N-ethyl adjacent to an activating group) is 1. The van der Waals surface area contributed by atoms with Crippen molar-refractivity contribution in [3.8, 4) is 0 Å². The molecule has 5 nitrogen and oxygen atoms in total. The average Bonchev–Trinajstić information content (AvgIpc) is 2.44. The van der Waals surface area contributed by atoms with E-state index in [1.54, 1.807) is 0 Å². The molecule has 5 fully saturated rings. The summed E-state index contributed by atoms with van der Waals surface area (Å²) in [4.78, 5) is 17.3. The first-order valence-electron chi connectivity index (χ1n) is 9.46. The summed E-state index contributed by atoms with van der Waals surface area (Å²) in [6.45, 7) is 7.93. The fourth-order valence-corrected chi connectivity index (χ4v) is 6.16. The highest BCUT2D eigenvalue weighted by Gasteiger charge is 2.57. The molecule has 4 bridgehead atoms. The van der Waals surface area contributed by atoms with Crippen LogP contribution >= 0.6 is 0 Å². The topological polar surface area (TPSA) is 55.8 Å². The van der Waals surface area contributed by atoms with Crippen LogP contribution in [0.4, 0.5) is 0 Å². The summed E-state index contributed by atoms with van der Waals surface area (Å²) in [7, 11) is 0. The van der Waals surface area contributed by atoms with Crippen molar-refractivity contribution in [1.29, 1.82) is 0 Å². The van der Waals surface area contributed by atoms with Crippen LogP contribution in [0.25, 0.3) is 0 Å². The van der Waals surface area contributed by atoms with E-state index in [-0.39, 0.29) is 11.4 Å². The van der Waals surface area contributed by atoms with Crippen molar-refractivity contribution >= 4 is 5.91 Å². The number of nitrogens with zero attached hydrogens (tertiary/aromatic N) is 2. The number of amides is 1. The number of rotatable bonds is 4. The van der Waals surface area contributed by atoms with Crippen LogP contribution in [0.3, 0.4) is 0 Å². The third kappa shape index (κ3) is 3.15. The van der Waals surface area contributed by atoms with Gasteiger partial charge in [-0.25, -0.2) is 0 Å². The van der Waals surface area contributed by atoms with Crippen LogP contribution < -0.4 is 5.32 Å². The van der Waals surface area contributed by atoms with Gasteiger partial charge < -0.3 is 15.3 Å². The Bertz CT molecular complexity index is 459. The first kappa shape index (κ1) is 15.9. The van der Waals surface area contributed by atoms with E-state index in [2.05, 4.69) is 22.0 Å². The van der Waals surface area contributed by atoms with E-state index < -0.39 is 5.60 Å². The van der Waals surface area contributed by atoms with Crippen molar-refractivity contribution in [2.45, 2.75) is 56.6 Å². The highest BCUT2D eigenvalue weighted by molar-refractivity contribution is 5.79. The number of hydrogen-bond acceptors (Lipinski definition) is 4. The van der Waals surface area contributed by atoms with Gasteiger partial charge in [-0.2, -0.15) is 0 Å². The molecule has 1 amide bonds. The number of piperazine rings is 1. The van der Waals surface area contributed by atoms with Gasteiger partial charge in [-0.1, -0.05) is 6.92 Å². The predicted molar refractivity (Wildman–Crippen MR) is 89.1 cm³/mol. The molecule has 0 spiro atoms. The molecule has 0 aromatic rings. The van der Waals surface area contributed by atoms with E-state index in [0.29, 0.717) is 18.4 Å². The summed E-state index contributed by atoms with van der Waals surface area (Å²) in [5.74, 6) is 1.41. The SMILES string of the molecule is CCN1CCN(CC(=O)NC23CC4CC(CC(O)(C4)C2)C3)CC1. The van der Waals surface area contributed by atoms with E-state index in [1.165, 1.54) is 6.42 Å². The molecule has 2 N–H and O–H groups in total. The van der Waals surface area contributed by atoms with Gasteiger partial charge in [0, 0.05) is 31.7 Å². The van der Waals surface area contributed by atoms with Gasteiger partial charge in [0.05, 0.1) is 12.1 Å². The molecule has 4 aliphatic carbocycles. The second kappa shape index (κ2) is 5.71. The first-order valence-corrected chi connectivity index (χ1v) is 9.46. The Morgan fingerprint density at radius 3 is 2.26 bits per heavy atom. The quantitative estimate of drug-likeness (QED) is 0.805. The lowest BCUT2D eigenvalue weighted by Crippen LogP contribution is -2.66. The van der Waals surface area contributed by atoms with Crippen LogP contribution in [0.15, 0.2) is 0 Å². The minimum atomic E-state index is -0.496. The van der Waals surface area contributed by atoms with Gasteiger partial charge >= 0.3 is 0 Å². The van der Waals surface area contributed by atoms with Gasteiger partial charge in [-0.15, -0.1) is 0 Å². The van der Waals surface area contributed by atoms with Crippen LogP contribution in [0.2, 0.25) is 0 Å². The maximum atomic E-state index is 12.6. The molecule has 1 saturated heterocycles. The van der Waals surface area contributed by atoms with Crippen molar-refractivity contribution in [2.24, 2.45) is 11.8 Å². The van der Waals surface area contributed by atoms with Crippen LogP contribution in [0.5, 0.6) is 0 Å². The molecule has 5 rings (SSSR count). The lowest BCUT2D eigenvalue weighted by Gasteiger charge is -2.60. The minimum Gasteiger partial charge on any atom is -0.390 e. The number of hydrogen-bond donors (Lipinski definition) is 2. The molecule has 0 aromatic carbocycles. The molecule has 130 valence electrons. The Morgan fingerprint density at radius 1 is 1.09 bits per heavy atom. The van der Waals surface area contributed by atoms with Crippen molar-refractivity contribution in [3.05, 3.63) is 0 Å². The third-order valence-corrected chi connectivity index (χ3v) is 6.71. The van der Waals surface area contributed by atoms with Crippen LogP contribution in [0.1, 0.15) is 45.4 Å². The standard InChI is InChI=1S/C18H31N3O2/c1-2-20-3-5-21(6-4-20)12-16(22)19-17-8-14-7-15(9-17)11-18(23,10-14)13-17/h14-15,23H,2-13H2,1H3,(H,19,22). The van der Waals surface area contributed by atoms with Gasteiger partial charge in [0.1, 0.15) is 0 Å². The molecule has 5 aliphatic rings.